The van der Waals surface area contributed by atoms with Crippen LogP contribution in [0.1, 0.15) is 31.2 Å². The van der Waals surface area contributed by atoms with E-state index in [1.807, 2.05) is 6.92 Å². The van der Waals surface area contributed by atoms with Crippen LogP contribution in [0.15, 0.2) is 43.1 Å². The van der Waals surface area contributed by atoms with E-state index in [1.54, 1.807) is 6.08 Å². The Morgan fingerprint density at radius 1 is 1.33 bits per heavy atom. The molecule has 1 aliphatic heterocycles. The summed E-state index contributed by atoms with van der Waals surface area (Å²) in [5, 5.41) is 11.1. The first-order valence-electron chi connectivity index (χ1n) is 8.89. The normalized spacial score (nSPS) is 18.1. The lowest BCUT2D eigenvalue weighted by atomic mass is 9.89. The Morgan fingerprint density at radius 2 is 2.08 bits per heavy atom. The van der Waals surface area contributed by atoms with Gasteiger partial charge in [0.05, 0.1) is 13.2 Å². The van der Waals surface area contributed by atoms with Crippen LogP contribution in [-0.4, -0.2) is 47.1 Å². The molecule has 1 saturated heterocycles. The van der Waals surface area contributed by atoms with E-state index < -0.39 is 0 Å². The summed E-state index contributed by atoms with van der Waals surface area (Å²) in [5.74, 6) is 0.570. The molecule has 1 unspecified atom stereocenters. The largest absolute Gasteiger partial charge is 0.379 e. The third-order valence-corrected chi connectivity index (χ3v) is 5.03. The number of nitrogens with zero attached hydrogens (tertiary/aromatic N) is 2. The van der Waals surface area contributed by atoms with Gasteiger partial charge in [-0.3, -0.25) is 4.90 Å². The second-order valence-corrected chi connectivity index (χ2v) is 6.60. The molecule has 0 saturated carbocycles. The number of benzene rings is 1. The Labute approximate surface area is 144 Å². The quantitative estimate of drug-likeness (QED) is 0.625. The van der Waals surface area contributed by atoms with Crippen molar-refractivity contribution in [1.29, 1.82) is 0 Å². The molecular formula is C20H28N2O2. The smallest absolute Gasteiger partial charge is 0.104 e. The topological polar surface area (TPSA) is 37.6 Å². The average molecular weight is 328 g/mol. The Kier molecular flexibility index (Phi) is 5.72. The molecule has 2 aromatic rings. The molecule has 0 radical (unpaired) electrons. The van der Waals surface area contributed by atoms with Crippen LogP contribution < -0.4 is 0 Å². The molecule has 1 aliphatic rings. The van der Waals surface area contributed by atoms with Crippen molar-refractivity contribution in [2.24, 2.45) is 0 Å². The maximum atomic E-state index is 9.75. The fraction of sp³-hybridized carbons (Fsp3) is 0.500. The molecule has 1 atom stereocenters. The summed E-state index contributed by atoms with van der Waals surface area (Å²) in [5.41, 5.74) is 2.73. The predicted molar refractivity (Wildman–Crippen MR) is 98.2 cm³/mol. The molecule has 1 aromatic carbocycles. The van der Waals surface area contributed by atoms with Gasteiger partial charge in [0.1, 0.15) is 6.23 Å². The van der Waals surface area contributed by atoms with Crippen LogP contribution in [-0.2, 0) is 11.3 Å². The third kappa shape index (κ3) is 3.72. The van der Waals surface area contributed by atoms with Crippen molar-refractivity contribution < 1.29 is 9.84 Å². The van der Waals surface area contributed by atoms with Crippen molar-refractivity contribution in [3.63, 3.8) is 0 Å². The van der Waals surface area contributed by atoms with Gasteiger partial charge >= 0.3 is 0 Å². The van der Waals surface area contributed by atoms with E-state index in [0.29, 0.717) is 19.1 Å². The van der Waals surface area contributed by atoms with E-state index in [9.17, 15) is 5.11 Å². The number of aliphatic hydroxyl groups excluding tert-OH is 1. The van der Waals surface area contributed by atoms with E-state index in [0.717, 1.165) is 32.5 Å². The minimum atomic E-state index is -0.339. The molecule has 3 rings (SSSR count). The van der Waals surface area contributed by atoms with Crippen LogP contribution in [0.2, 0.25) is 0 Å². The van der Waals surface area contributed by atoms with Crippen molar-refractivity contribution >= 4 is 10.9 Å². The molecule has 4 nitrogen and oxygen atoms in total. The first-order chi connectivity index (χ1) is 11.7. The molecular weight excluding hydrogens is 300 g/mol. The summed E-state index contributed by atoms with van der Waals surface area (Å²) < 4.78 is 7.87. The highest BCUT2D eigenvalue weighted by Crippen LogP contribution is 2.34. The standard InChI is InChI=1S/C20H28N2O2/c1-3-13-24-14-12-22-15-19(18-6-4-5-7-20(18)22)17-8-10-21(11-9-17)16(2)23/h3-7,15-17,23H,1,8-14H2,2H3. The summed E-state index contributed by atoms with van der Waals surface area (Å²) in [6, 6.07) is 8.64. The number of aromatic nitrogens is 1. The number of fused-ring (bicyclic) bond motifs is 1. The van der Waals surface area contributed by atoms with Gasteiger partial charge in [-0.05, 0) is 37.3 Å². The Hall–Kier alpha value is -1.62. The molecule has 2 heterocycles. The summed E-state index contributed by atoms with van der Waals surface area (Å²) in [6.45, 7) is 9.63. The number of hydrogen-bond acceptors (Lipinski definition) is 3. The highest BCUT2D eigenvalue weighted by Gasteiger charge is 2.25. The molecule has 1 N–H and O–H groups in total. The number of piperidine rings is 1. The van der Waals surface area contributed by atoms with Crippen molar-refractivity contribution in [2.45, 2.75) is 38.5 Å². The monoisotopic (exact) mass is 328 g/mol. The van der Waals surface area contributed by atoms with Gasteiger partial charge in [-0.1, -0.05) is 24.3 Å². The van der Waals surface area contributed by atoms with Gasteiger partial charge in [0.2, 0.25) is 0 Å². The second kappa shape index (κ2) is 7.97. The minimum Gasteiger partial charge on any atom is -0.379 e. The first kappa shape index (κ1) is 17.2. The molecule has 0 amide bonds. The van der Waals surface area contributed by atoms with Gasteiger partial charge in [-0.25, -0.2) is 0 Å². The van der Waals surface area contributed by atoms with E-state index in [1.165, 1.54) is 16.5 Å². The van der Waals surface area contributed by atoms with E-state index in [2.05, 4.69) is 46.5 Å². The fourth-order valence-corrected chi connectivity index (χ4v) is 3.70. The lowest BCUT2D eigenvalue weighted by Crippen LogP contribution is -2.39. The number of aliphatic hydroxyl groups is 1. The van der Waals surface area contributed by atoms with Gasteiger partial charge in [-0.15, -0.1) is 6.58 Å². The van der Waals surface area contributed by atoms with Gasteiger partial charge in [0, 0.05) is 36.7 Å². The number of likely N-dealkylation sites (tertiary alicyclic amines) is 1. The zero-order valence-electron chi connectivity index (χ0n) is 14.5. The number of ether oxygens (including phenoxy) is 1. The van der Waals surface area contributed by atoms with Crippen molar-refractivity contribution in [3.8, 4) is 0 Å². The highest BCUT2D eigenvalue weighted by molar-refractivity contribution is 5.84. The summed E-state index contributed by atoms with van der Waals surface area (Å²) in [6.07, 6.45) is 5.96. The lowest BCUT2D eigenvalue weighted by Gasteiger charge is -2.33. The maximum Gasteiger partial charge on any atom is 0.104 e. The van der Waals surface area contributed by atoms with E-state index in [-0.39, 0.29) is 6.23 Å². The van der Waals surface area contributed by atoms with Crippen LogP contribution >= 0.6 is 0 Å². The molecule has 1 aromatic heterocycles. The van der Waals surface area contributed by atoms with E-state index >= 15 is 0 Å². The van der Waals surface area contributed by atoms with Gasteiger partial charge < -0.3 is 14.4 Å². The van der Waals surface area contributed by atoms with E-state index in [4.69, 9.17) is 4.74 Å². The first-order valence-corrected chi connectivity index (χ1v) is 8.89. The zero-order chi connectivity index (χ0) is 16.9. The van der Waals surface area contributed by atoms with Crippen molar-refractivity contribution in [2.75, 3.05) is 26.3 Å². The van der Waals surface area contributed by atoms with Crippen LogP contribution in [0.3, 0.4) is 0 Å². The van der Waals surface area contributed by atoms with Crippen LogP contribution in [0.25, 0.3) is 10.9 Å². The van der Waals surface area contributed by atoms with Crippen LogP contribution in [0.4, 0.5) is 0 Å². The van der Waals surface area contributed by atoms with Gasteiger partial charge in [0.15, 0.2) is 0 Å². The Morgan fingerprint density at radius 3 is 2.79 bits per heavy atom. The minimum absolute atomic E-state index is 0.339. The molecule has 4 heteroatoms. The Bertz CT molecular complexity index is 669. The van der Waals surface area contributed by atoms with Gasteiger partial charge in [0.25, 0.3) is 0 Å². The summed E-state index contributed by atoms with van der Waals surface area (Å²) >= 11 is 0. The van der Waals surface area contributed by atoms with Crippen molar-refractivity contribution in [1.82, 2.24) is 9.47 Å². The molecule has 0 bridgehead atoms. The lowest BCUT2D eigenvalue weighted by molar-refractivity contribution is 0.00312. The fourth-order valence-electron chi connectivity index (χ4n) is 3.70. The predicted octanol–water partition coefficient (Wildman–Crippen LogP) is 3.36. The summed E-state index contributed by atoms with van der Waals surface area (Å²) in [4.78, 5) is 2.15. The van der Waals surface area contributed by atoms with Gasteiger partial charge in [-0.2, -0.15) is 0 Å². The summed E-state index contributed by atoms with van der Waals surface area (Å²) in [7, 11) is 0. The average Bonchev–Trinajstić information content (AvgIpc) is 2.98. The second-order valence-electron chi connectivity index (χ2n) is 6.60. The van der Waals surface area contributed by atoms with Crippen molar-refractivity contribution in [3.05, 3.63) is 48.7 Å². The zero-order valence-corrected chi connectivity index (χ0v) is 14.5. The van der Waals surface area contributed by atoms with Crippen LogP contribution in [0, 0.1) is 0 Å². The Balaban J connectivity index is 1.77. The number of para-hydroxylation sites is 1. The molecule has 1 fully saturated rings. The number of hydrogen-bond donors (Lipinski definition) is 1. The third-order valence-electron chi connectivity index (χ3n) is 5.03. The maximum absolute atomic E-state index is 9.75. The molecule has 0 aliphatic carbocycles. The number of rotatable bonds is 7. The molecule has 24 heavy (non-hydrogen) atoms. The SMILES string of the molecule is C=CCOCCn1cc(C2CCN(C(C)O)CC2)c2ccccc21. The van der Waals surface area contributed by atoms with Crippen LogP contribution in [0.5, 0.6) is 0 Å². The molecule has 130 valence electrons. The highest BCUT2D eigenvalue weighted by atomic mass is 16.5. The molecule has 0 spiro atoms.